The predicted molar refractivity (Wildman–Crippen MR) is 107 cm³/mol. The first-order valence-corrected chi connectivity index (χ1v) is 8.21. The van der Waals surface area contributed by atoms with Crippen molar-refractivity contribution in [1.29, 1.82) is 0 Å². The molecule has 0 bridgehead atoms. The monoisotopic (exact) mass is 442 g/mol. The van der Waals surface area contributed by atoms with Crippen LogP contribution >= 0.6 is 24.0 Å². The van der Waals surface area contributed by atoms with Crippen LogP contribution in [-0.2, 0) is 9.47 Å². The molecule has 2 N–H and O–H groups in total. The molecule has 138 valence electrons. The molecule has 1 fully saturated rings. The van der Waals surface area contributed by atoms with Crippen molar-refractivity contribution < 1.29 is 9.47 Å². The van der Waals surface area contributed by atoms with Gasteiger partial charge < -0.3 is 20.1 Å². The molecule has 1 atom stereocenters. The van der Waals surface area contributed by atoms with Gasteiger partial charge in [-0.1, -0.05) is 13.8 Å². The summed E-state index contributed by atoms with van der Waals surface area (Å²) in [5.41, 5.74) is -0.209. The zero-order valence-corrected chi connectivity index (χ0v) is 17.8. The molecule has 1 saturated heterocycles. The quantitative estimate of drug-likeness (QED) is 0.356. The van der Waals surface area contributed by atoms with Gasteiger partial charge in [0.2, 0.25) is 0 Å². The van der Waals surface area contributed by atoms with E-state index >= 15 is 0 Å². The van der Waals surface area contributed by atoms with Crippen molar-refractivity contribution in [2.24, 2.45) is 10.9 Å². The first kappa shape index (κ1) is 22.9. The van der Waals surface area contributed by atoms with Crippen LogP contribution in [0.25, 0.3) is 0 Å². The van der Waals surface area contributed by atoms with Crippen molar-refractivity contribution in [3.8, 4) is 0 Å². The molecular formula is C16H35IN4O2. The van der Waals surface area contributed by atoms with E-state index in [1.165, 1.54) is 0 Å². The Hall–Kier alpha value is -0.120. The molecule has 6 nitrogen and oxygen atoms in total. The molecule has 0 aromatic carbocycles. The molecule has 0 spiro atoms. The van der Waals surface area contributed by atoms with Crippen LogP contribution in [0.15, 0.2) is 4.99 Å². The smallest absolute Gasteiger partial charge is 0.191 e. The lowest BCUT2D eigenvalue weighted by molar-refractivity contribution is 0.00739. The Morgan fingerprint density at radius 1 is 1.26 bits per heavy atom. The maximum absolute atomic E-state index is 5.45. The number of nitrogens with zero attached hydrogens (tertiary/aromatic N) is 2. The van der Waals surface area contributed by atoms with Crippen molar-refractivity contribution in [2.45, 2.75) is 39.3 Å². The van der Waals surface area contributed by atoms with Crippen molar-refractivity contribution in [3.63, 3.8) is 0 Å². The van der Waals surface area contributed by atoms with Crippen molar-refractivity contribution in [1.82, 2.24) is 15.5 Å². The summed E-state index contributed by atoms with van der Waals surface area (Å²) in [4.78, 5) is 6.80. The van der Waals surface area contributed by atoms with E-state index in [0.29, 0.717) is 18.5 Å². The molecule has 1 unspecified atom stereocenters. The molecule has 0 radical (unpaired) electrons. The van der Waals surface area contributed by atoms with Gasteiger partial charge in [0.15, 0.2) is 5.96 Å². The average Bonchev–Trinajstić information content (AvgIpc) is 2.51. The van der Waals surface area contributed by atoms with Crippen LogP contribution in [0.2, 0.25) is 0 Å². The molecule has 0 aromatic heterocycles. The number of aliphatic imine (C=N–C) groups is 1. The van der Waals surface area contributed by atoms with Gasteiger partial charge in [0, 0.05) is 46.4 Å². The summed E-state index contributed by atoms with van der Waals surface area (Å²) in [6.45, 7) is 13.9. The van der Waals surface area contributed by atoms with Crippen LogP contribution in [0.4, 0.5) is 0 Å². The maximum Gasteiger partial charge on any atom is 0.191 e. The highest BCUT2D eigenvalue weighted by molar-refractivity contribution is 14.0. The van der Waals surface area contributed by atoms with Gasteiger partial charge in [0.1, 0.15) is 0 Å². The summed E-state index contributed by atoms with van der Waals surface area (Å²) >= 11 is 0. The maximum atomic E-state index is 5.45. The van der Waals surface area contributed by atoms with Gasteiger partial charge in [0.25, 0.3) is 0 Å². The van der Waals surface area contributed by atoms with Crippen LogP contribution in [0.3, 0.4) is 0 Å². The number of morpholine rings is 1. The molecule has 1 heterocycles. The van der Waals surface area contributed by atoms with Crippen LogP contribution < -0.4 is 10.6 Å². The lowest BCUT2D eigenvalue weighted by Crippen LogP contribution is -2.53. The van der Waals surface area contributed by atoms with Crippen molar-refractivity contribution >= 4 is 29.9 Å². The Morgan fingerprint density at radius 3 is 2.35 bits per heavy atom. The second-order valence-corrected chi connectivity index (χ2v) is 6.73. The van der Waals surface area contributed by atoms with Crippen LogP contribution in [-0.4, -0.2) is 76.1 Å². The number of methoxy groups -OCH3 is 1. The normalized spacial score (nSPS) is 18.5. The molecule has 7 heteroatoms. The summed E-state index contributed by atoms with van der Waals surface area (Å²) in [6, 6.07) is 0.484. The molecule has 0 aliphatic carbocycles. The summed E-state index contributed by atoms with van der Waals surface area (Å²) in [5.74, 6) is 1.41. The minimum Gasteiger partial charge on any atom is -0.379 e. The highest BCUT2D eigenvalue weighted by Gasteiger charge is 2.24. The highest BCUT2D eigenvalue weighted by Crippen LogP contribution is 2.12. The number of hydrogen-bond acceptors (Lipinski definition) is 4. The molecule has 1 rings (SSSR count). The lowest BCUT2D eigenvalue weighted by Gasteiger charge is -2.37. The zero-order chi connectivity index (χ0) is 16.6. The van der Waals surface area contributed by atoms with Gasteiger partial charge in [-0.2, -0.15) is 0 Å². The molecule has 0 amide bonds. The number of rotatable bonds is 7. The largest absolute Gasteiger partial charge is 0.379 e. The first-order chi connectivity index (χ1) is 10.4. The summed E-state index contributed by atoms with van der Waals surface area (Å²) < 4.78 is 10.9. The second kappa shape index (κ2) is 11.4. The van der Waals surface area contributed by atoms with E-state index in [0.717, 1.165) is 38.8 Å². The molecule has 0 saturated carbocycles. The van der Waals surface area contributed by atoms with E-state index in [-0.39, 0.29) is 29.6 Å². The fourth-order valence-corrected chi connectivity index (χ4v) is 2.49. The summed E-state index contributed by atoms with van der Waals surface area (Å²) in [6.07, 6.45) is 0. The molecule has 1 aliphatic heterocycles. The van der Waals surface area contributed by atoms with Gasteiger partial charge in [0.05, 0.1) is 18.8 Å². The number of hydrogen-bond donors (Lipinski definition) is 2. The standard InChI is InChI=1S/C16H34N4O2.HI/c1-13(2)14(20-7-9-22-10-8-20)11-18-15(17-5)19-12-16(3,4)21-6;/h13-14H,7-12H2,1-6H3,(H2,17,18,19);1H. The molecular weight excluding hydrogens is 407 g/mol. The van der Waals surface area contributed by atoms with E-state index < -0.39 is 0 Å². The SMILES string of the molecule is CN=C(NCC(C(C)C)N1CCOCC1)NCC(C)(C)OC.I. The Kier molecular flexibility index (Phi) is 11.4. The number of ether oxygens (including phenoxy) is 2. The average molecular weight is 442 g/mol. The Balaban J connectivity index is 0.00000484. The van der Waals surface area contributed by atoms with E-state index in [9.17, 15) is 0 Å². The van der Waals surface area contributed by atoms with E-state index in [1.807, 2.05) is 0 Å². The molecule has 23 heavy (non-hydrogen) atoms. The third-order valence-corrected chi connectivity index (χ3v) is 4.22. The lowest BCUT2D eigenvalue weighted by atomic mass is 10.0. The minimum atomic E-state index is -0.209. The van der Waals surface area contributed by atoms with Gasteiger partial charge in [-0.05, 0) is 19.8 Å². The highest BCUT2D eigenvalue weighted by atomic mass is 127. The van der Waals surface area contributed by atoms with Crippen molar-refractivity contribution in [2.75, 3.05) is 53.6 Å². The third-order valence-electron chi connectivity index (χ3n) is 4.22. The summed E-state index contributed by atoms with van der Waals surface area (Å²) in [5, 5.41) is 6.77. The van der Waals surface area contributed by atoms with E-state index in [2.05, 4.69) is 48.2 Å². The van der Waals surface area contributed by atoms with Gasteiger partial charge in [-0.3, -0.25) is 9.89 Å². The van der Waals surface area contributed by atoms with E-state index in [4.69, 9.17) is 9.47 Å². The van der Waals surface area contributed by atoms with Crippen LogP contribution in [0, 0.1) is 5.92 Å². The number of halogens is 1. The van der Waals surface area contributed by atoms with Gasteiger partial charge in [-0.25, -0.2) is 0 Å². The number of guanidine groups is 1. The van der Waals surface area contributed by atoms with Gasteiger partial charge >= 0.3 is 0 Å². The Labute approximate surface area is 158 Å². The second-order valence-electron chi connectivity index (χ2n) is 6.73. The number of nitrogens with one attached hydrogen (secondary N) is 2. The topological polar surface area (TPSA) is 58.1 Å². The Bertz CT molecular complexity index is 345. The molecule has 1 aliphatic rings. The fraction of sp³-hybridized carbons (Fsp3) is 0.938. The van der Waals surface area contributed by atoms with Crippen LogP contribution in [0.1, 0.15) is 27.7 Å². The molecule has 0 aromatic rings. The Morgan fingerprint density at radius 2 is 1.87 bits per heavy atom. The van der Waals surface area contributed by atoms with E-state index in [1.54, 1.807) is 14.2 Å². The minimum absolute atomic E-state index is 0. The fourth-order valence-electron chi connectivity index (χ4n) is 2.49. The third kappa shape index (κ3) is 8.51. The summed E-state index contributed by atoms with van der Waals surface area (Å²) in [7, 11) is 3.53. The van der Waals surface area contributed by atoms with Crippen LogP contribution in [0.5, 0.6) is 0 Å². The van der Waals surface area contributed by atoms with Crippen molar-refractivity contribution in [3.05, 3.63) is 0 Å². The predicted octanol–water partition coefficient (Wildman–Crippen LogP) is 1.55. The first-order valence-electron chi connectivity index (χ1n) is 8.21. The zero-order valence-electron chi connectivity index (χ0n) is 15.5. The van der Waals surface area contributed by atoms with Gasteiger partial charge in [-0.15, -0.1) is 24.0 Å².